The molecule has 0 aromatic heterocycles. The van der Waals surface area contributed by atoms with E-state index in [2.05, 4.69) is 0 Å². The normalized spacial score (nSPS) is 24.7. The van der Waals surface area contributed by atoms with E-state index in [-0.39, 0.29) is 18.6 Å². The second kappa shape index (κ2) is 6.05. The molecule has 0 saturated carbocycles. The Morgan fingerprint density at radius 3 is 3.13 bits per heavy atom. The van der Waals surface area contributed by atoms with E-state index in [4.69, 9.17) is 15.2 Å². The topological polar surface area (TPSA) is 64.8 Å². The molecular weight excluding hydrogens is 196 g/mol. The first-order chi connectivity index (χ1) is 7.15. The summed E-state index contributed by atoms with van der Waals surface area (Å²) in [6.45, 7) is 4.29. The van der Waals surface area contributed by atoms with Gasteiger partial charge in [-0.1, -0.05) is 0 Å². The smallest absolute Gasteiger partial charge is 0.241 e. The summed E-state index contributed by atoms with van der Waals surface area (Å²) >= 11 is 0. The fourth-order valence-electron chi connectivity index (χ4n) is 1.68. The van der Waals surface area contributed by atoms with Gasteiger partial charge in [-0.25, -0.2) is 0 Å². The summed E-state index contributed by atoms with van der Waals surface area (Å²) in [6.07, 6.45) is 0.960. The molecule has 5 nitrogen and oxygen atoms in total. The Bertz CT molecular complexity index is 211. The average molecular weight is 216 g/mol. The van der Waals surface area contributed by atoms with Crippen molar-refractivity contribution in [2.75, 3.05) is 33.4 Å². The minimum atomic E-state index is -0.555. The van der Waals surface area contributed by atoms with Crippen LogP contribution in [0.1, 0.15) is 13.3 Å². The Morgan fingerprint density at radius 1 is 1.73 bits per heavy atom. The largest absolute Gasteiger partial charge is 0.383 e. The highest BCUT2D eigenvalue weighted by atomic mass is 16.5. The first-order valence-corrected chi connectivity index (χ1v) is 5.30. The first kappa shape index (κ1) is 12.4. The zero-order valence-corrected chi connectivity index (χ0v) is 9.44. The third-order valence-corrected chi connectivity index (χ3v) is 2.43. The molecular formula is C10H20N2O3. The molecule has 1 amide bonds. The van der Waals surface area contributed by atoms with Crippen molar-refractivity contribution in [3.8, 4) is 0 Å². The predicted octanol–water partition coefficient (Wildman–Crippen LogP) is -0.402. The SMILES string of the molecule is COCC(N)C(=O)N1CCCOC(C)C1. The molecule has 2 atom stereocenters. The monoisotopic (exact) mass is 216 g/mol. The molecule has 1 aliphatic heterocycles. The number of nitrogens with zero attached hydrogens (tertiary/aromatic N) is 1. The number of carbonyl (C=O) groups excluding carboxylic acids is 1. The van der Waals surface area contributed by atoms with E-state index in [1.807, 2.05) is 6.92 Å². The second-order valence-corrected chi connectivity index (χ2v) is 3.88. The van der Waals surface area contributed by atoms with Crippen LogP contribution in [0, 0.1) is 0 Å². The lowest BCUT2D eigenvalue weighted by atomic mass is 10.2. The van der Waals surface area contributed by atoms with Crippen molar-refractivity contribution in [3.63, 3.8) is 0 Å². The molecule has 0 aliphatic carbocycles. The zero-order chi connectivity index (χ0) is 11.3. The maximum absolute atomic E-state index is 11.9. The molecule has 88 valence electrons. The van der Waals surface area contributed by atoms with Crippen LogP contribution in [0.3, 0.4) is 0 Å². The molecule has 2 N–H and O–H groups in total. The van der Waals surface area contributed by atoms with Crippen LogP contribution in [0.5, 0.6) is 0 Å². The number of amides is 1. The maximum atomic E-state index is 11.9. The predicted molar refractivity (Wildman–Crippen MR) is 56.5 cm³/mol. The van der Waals surface area contributed by atoms with Gasteiger partial charge < -0.3 is 20.1 Å². The minimum Gasteiger partial charge on any atom is -0.383 e. The summed E-state index contributed by atoms with van der Waals surface area (Å²) in [7, 11) is 1.54. The van der Waals surface area contributed by atoms with Crippen molar-refractivity contribution in [2.24, 2.45) is 5.73 Å². The van der Waals surface area contributed by atoms with E-state index >= 15 is 0 Å². The highest BCUT2D eigenvalue weighted by Gasteiger charge is 2.24. The van der Waals surface area contributed by atoms with Crippen molar-refractivity contribution in [3.05, 3.63) is 0 Å². The molecule has 1 heterocycles. The van der Waals surface area contributed by atoms with Gasteiger partial charge in [0.2, 0.25) is 5.91 Å². The van der Waals surface area contributed by atoms with Crippen LogP contribution in [-0.2, 0) is 14.3 Å². The van der Waals surface area contributed by atoms with Crippen molar-refractivity contribution in [1.82, 2.24) is 4.90 Å². The van der Waals surface area contributed by atoms with Gasteiger partial charge in [0, 0.05) is 26.8 Å². The Hall–Kier alpha value is -0.650. The van der Waals surface area contributed by atoms with Crippen molar-refractivity contribution < 1.29 is 14.3 Å². The summed E-state index contributed by atoms with van der Waals surface area (Å²) < 4.78 is 10.3. The summed E-state index contributed by atoms with van der Waals surface area (Å²) in [4.78, 5) is 13.6. The van der Waals surface area contributed by atoms with Crippen LogP contribution in [0.4, 0.5) is 0 Å². The minimum absolute atomic E-state index is 0.0470. The molecule has 1 fully saturated rings. The van der Waals surface area contributed by atoms with Gasteiger partial charge in [0.05, 0.1) is 12.7 Å². The molecule has 0 spiro atoms. The van der Waals surface area contributed by atoms with Gasteiger partial charge in [-0.15, -0.1) is 0 Å². The summed E-state index contributed by atoms with van der Waals surface area (Å²) in [5.74, 6) is -0.0470. The Balaban J connectivity index is 2.49. The molecule has 0 radical (unpaired) electrons. The van der Waals surface area contributed by atoms with Gasteiger partial charge in [0.1, 0.15) is 6.04 Å². The van der Waals surface area contributed by atoms with Gasteiger partial charge >= 0.3 is 0 Å². The molecule has 0 aromatic rings. The van der Waals surface area contributed by atoms with E-state index < -0.39 is 6.04 Å². The van der Waals surface area contributed by atoms with Crippen LogP contribution in [0.25, 0.3) is 0 Å². The van der Waals surface area contributed by atoms with E-state index in [1.165, 1.54) is 0 Å². The Kier molecular flexibility index (Phi) is 5.01. The third kappa shape index (κ3) is 3.77. The number of hydrogen-bond acceptors (Lipinski definition) is 4. The Labute approximate surface area is 90.5 Å². The summed E-state index contributed by atoms with van der Waals surface area (Å²) in [5, 5.41) is 0. The molecule has 1 rings (SSSR count). The van der Waals surface area contributed by atoms with Gasteiger partial charge in [-0.2, -0.15) is 0 Å². The standard InChI is InChI=1S/C10H20N2O3/c1-8-6-12(4-3-5-15-8)10(13)9(11)7-14-2/h8-9H,3-7,11H2,1-2H3. The van der Waals surface area contributed by atoms with E-state index in [0.717, 1.165) is 13.0 Å². The Morgan fingerprint density at radius 2 is 2.47 bits per heavy atom. The lowest BCUT2D eigenvalue weighted by molar-refractivity contribution is -0.134. The van der Waals surface area contributed by atoms with Crippen LogP contribution < -0.4 is 5.73 Å². The van der Waals surface area contributed by atoms with Crippen LogP contribution in [-0.4, -0.2) is 56.4 Å². The van der Waals surface area contributed by atoms with Crippen LogP contribution in [0.15, 0.2) is 0 Å². The zero-order valence-electron chi connectivity index (χ0n) is 9.44. The molecule has 2 unspecified atom stereocenters. The lowest BCUT2D eigenvalue weighted by Gasteiger charge is -2.24. The fraction of sp³-hybridized carbons (Fsp3) is 0.900. The third-order valence-electron chi connectivity index (χ3n) is 2.43. The molecule has 1 aliphatic rings. The molecule has 5 heteroatoms. The van der Waals surface area contributed by atoms with E-state index in [9.17, 15) is 4.79 Å². The van der Waals surface area contributed by atoms with Crippen molar-refractivity contribution >= 4 is 5.91 Å². The van der Waals surface area contributed by atoms with Crippen molar-refractivity contribution in [1.29, 1.82) is 0 Å². The highest BCUT2D eigenvalue weighted by molar-refractivity contribution is 5.81. The molecule has 1 saturated heterocycles. The fourth-order valence-corrected chi connectivity index (χ4v) is 1.68. The van der Waals surface area contributed by atoms with Crippen LogP contribution >= 0.6 is 0 Å². The molecule has 0 aromatic carbocycles. The van der Waals surface area contributed by atoms with E-state index in [0.29, 0.717) is 13.2 Å². The van der Waals surface area contributed by atoms with Crippen LogP contribution in [0.2, 0.25) is 0 Å². The van der Waals surface area contributed by atoms with Gasteiger partial charge in [-0.05, 0) is 13.3 Å². The average Bonchev–Trinajstić information content (AvgIpc) is 2.42. The number of methoxy groups -OCH3 is 1. The van der Waals surface area contributed by atoms with Gasteiger partial charge in [0.25, 0.3) is 0 Å². The van der Waals surface area contributed by atoms with E-state index in [1.54, 1.807) is 12.0 Å². The van der Waals surface area contributed by atoms with Gasteiger partial charge in [0.15, 0.2) is 0 Å². The number of rotatable bonds is 3. The van der Waals surface area contributed by atoms with Crippen molar-refractivity contribution in [2.45, 2.75) is 25.5 Å². The molecule has 15 heavy (non-hydrogen) atoms. The van der Waals surface area contributed by atoms with Gasteiger partial charge in [-0.3, -0.25) is 4.79 Å². The first-order valence-electron chi connectivity index (χ1n) is 5.30. The summed E-state index contributed by atoms with van der Waals surface area (Å²) in [5.41, 5.74) is 5.70. The maximum Gasteiger partial charge on any atom is 0.241 e. The highest BCUT2D eigenvalue weighted by Crippen LogP contribution is 2.06. The number of carbonyl (C=O) groups is 1. The second-order valence-electron chi connectivity index (χ2n) is 3.88. The summed E-state index contributed by atoms with van der Waals surface area (Å²) in [6, 6.07) is -0.555. The number of nitrogens with two attached hydrogens (primary N) is 1. The number of hydrogen-bond donors (Lipinski definition) is 1. The lowest BCUT2D eigenvalue weighted by Crippen LogP contribution is -2.47. The number of ether oxygens (including phenoxy) is 2. The molecule has 0 bridgehead atoms. The quantitative estimate of drug-likeness (QED) is 0.697.